The number of piperidine rings is 1. The van der Waals surface area contributed by atoms with Gasteiger partial charge in [-0.05, 0) is 56.2 Å². The number of methoxy groups -OCH3 is 1. The van der Waals surface area contributed by atoms with Crippen LogP contribution in [-0.2, 0) is 11.8 Å². The Hall–Kier alpha value is -0.780. The summed E-state index contributed by atoms with van der Waals surface area (Å²) in [5.74, 6) is 1.29. The van der Waals surface area contributed by atoms with Gasteiger partial charge >= 0.3 is 0 Å². The van der Waals surface area contributed by atoms with Crippen molar-refractivity contribution in [3.8, 4) is 11.5 Å². The molecule has 0 amide bonds. The second kappa shape index (κ2) is 5.11. The first-order chi connectivity index (χ1) is 10.6. The zero-order chi connectivity index (χ0) is 15.5. The van der Waals surface area contributed by atoms with Gasteiger partial charge in [0.05, 0.1) is 13.2 Å². The number of phenols is 1. The molecule has 4 nitrogen and oxygen atoms in total. The normalized spacial score (nSPS) is 36.4. The summed E-state index contributed by atoms with van der Waals surface area (Å²) >= 11 is 3.66. The predicted molar refractivity (Wildman–Crippen MR) is 87.5 cm³/mol. The molecular weight excluding hydrogens is 346 g/mol. The first-order valence-electron chi connectivity index (χ1n) is 8.07. The van der Waals surface area contributed by atoms with E-state index in [0.717, 1.165) is 48.7 Å². The van der Waals surface area contributed by atoms with Gasteiger partial charge in [-0.3, -0.25) is 0 Å². The molecular formula is C17H22BrNO3. The molecule has 1 aliphatic heterocycles. The van der Waals surface area contributed by atoms with Gasteiger partial charge in [0.25, 0.3) is 0 Å². The minimum absolute atomic E-state index is 0.123. The molecule has 120 valence electrons. The second-order valence-corrected chi connectivity index (χ2v) is 7.83. The lowest BCUT2D eigenvalue weighted by Crippen LogP contribution is -2.61. The molecule has 4 rings (SSSR count). The van der Waals surface area contributed by atoms with Crippen molar-refractivity contribution in [1.29, 1.82) is 0 Å². The van der Waals surface area contributed by atoms with E-state index in [1.54, 1.807) is 7.11 Å². The Morgan fingerprint density at radius 3 is 3.00 bits per heavy atom. The van der Waals surface area contributed by atoms with Crippen LogP contribution in [0.1, 0.15) is 36.8 Å². The molecule has 3 N–H and O–H groups in total. The van der Waals surface area contributed by atoms with Gasteiger partial charge in [-0.25, -0.2) is 0 Å². The van der Waals surface area contributed by atoms with Crippen LogP contribution in [0.25, 0.3) is 0 Å². The number of halogens is 1. The topological polar surface area (TPSA) is 61.7 Å². The molecule has 1 saturated carbocycles. The van der Waals surface area contributed by atoms with Gasteiger partial charge in [-0.2, -0.15) is 0 Å². The van der Waals surface area contributed by atoms with Crippen molar-refractivity contribution in [2.24, 2.45) is 5.92 Å². The summed E-state index contributed by atoms with van der Waals surface area (Å²) in [4.78, 5) is 0. The summed E-state index contributed by atoms with van der Waals surface area (Å²) in [7, 11) is 1.59. The maximum Gasteiger partial charge on any atom is 0.161 e. The maximum absolute atomic E-state index is 10.8. The van der Waals surface area contributed by atoms with Crippen LogP contribution >= 0.6 is 15.9 Å². The molecule has 1 aromatic carbocycles. The van der Waals surface area contributed by atoms with Crippen LogP contribution < -0.4 is 10.1 Å². The van der Waals surface area contributed by atoms with E-state index in [1.807, 2.05) is 6.07 Å². The Bertz CT molecular complexity index is 620. The van der Waals surface area contributed by atoms with Gasteiger partial charge in [0.1, 0.15) is 0 Å². The van der Waals surface area contributed by atoms with E-state index in [2.05, 4.69) is 21.2 Å². The van der Waals surface area contributed by atoms with Crippen molar-refractivity contribution in [2.45, 2.75) is 49.7 Å². The van der Waals surface area contributed by atoms with Gasteiger partial charge in [-0.15, -0.1) is 0 Å². The lowest BCUT2D eigenvalue weighted by molar-refractivity contribution is 0.00232. The highest BCUT2D eigenvalue weighted by atomic mass is 79.9. The molecule has 0 spiro atoms. The Morgan fingerprint density at radius 1 is 1.41 bits per heavy atom. The number of hydrogen-bond acceptors (Lipinski definition) is 4. The van der Waals surface area contributed by atoms with Crippen LogP contribution in [0.5, 0.6) is 11.5 Å². The zero-order valence-corrected chi connectivity index (χ0v) is 14.3. The van der Waals surface area contributed by atoms with E-state index < -0.39 is 0 Å². The van der Waals surface area contributed by atoms with E-state index in [4.69, 9.17) is 4.74 Å². The average Bonchev–Trinajstić information content (AvgIpc) is 2.49. The number of phenolic OH excluding ortho intramolecular Hbond substituents is 1. The standard InChI is InChI=1S/C17H22BrNO3/c1-22-14-7-12(18)10-6-13-11-3-2-9(20)8-17(11,4-5-19-13)15(10)16(14)21/h7,9,11,13,19-21H,2-6,8H2,1H3/t9-,11?,13-,17?/m1/s1. The summed E-state index contributed by atoms with van der Waals surface area (Å²) < 4.78 is 6.38. The summed E-state index contributed by atoms with van der Waals surface area (Å²) in [6.45, 7) is 0.946. The first kappa shape index (κ1) is 14.8. The smallest absolute Gasteiger partial charge is 0.161 e. The van der Waals surface area contributed by atoms with Crippen LogP contribution in [0.4, 0.5) is 0 Å². The second-order valence-electron chi connectivity index (χ2n) is 6.98. The molecule has 2 bridgehead atoms. The third-order valence-electron chi connectivity index (χ3n) is 6.04. The summed E-state index contributed by atoms with van der Waals surface area (Å²) in [5.41, 5.74) is 2.09. The molecule has 2 fully saturated rings. The third-order valence-corrected chi connectivity index (χ3v) is 6.75. The highest BCUT2D eigenvalue weighted by Crippen LogP contribution is 2.58. The Labute approximate surface area is 139 Å². The number of aliphatic hydroxyl groups is 1. The van der Waals surface area contributed by atoms with Gasteiger partial charge in [-0.1, -0.05) is 15.9 Å². The third kappa shape index (κ3) is 1.88. The largest absolute Gasteiger partial charge is 0.504 e. The maximum atomic E-state index is 10.8. The number of hydrogen-bond donors (Lipinski definition) is 3. The minimum atomic E-state index is -0.273. The summed E-state index contributed by atoms with van der Waals surface area (Å²) in [5, 5.41) is 24.8. The number of fused-ring (bicyclic) bond motifs is 1. The molecule has 2 unspecified atom stereocenters. The van der Waals surface area contributed by atoms with E-state index in [1.165, 1.54) is 5.56 Å². The minimum Gasteiger partial charge on any atom is -0.504 e. The van der Waals surface area contributed by atoms with Crippen molar-refractivity contribution < 1.29 is 14.9 Å². The van der Waals surface area contributed by atoms with Crippen molar-refractivity contribution in [2.75, 3.05) is 13.7 Å². The number of rotatable bonds is 1. The van der Waals surface area contributed by atoms with Gasteiger partial charge in [0.15, 0.2) is 11.5 Å². The number of benzene rings is 1. The van der Waals surface area contributed by atoms with Crippen molar-refractivity contribution in [1.82, 2.24) is 5.32 Å². The average molecular weight is 368 g/mol. The van der Waals surface area contributed by atoms with Gasteiger partial charge in [0, 0.05) is 21.5 Å². The lowest BCUT2D eigenvalue weighted by atomic mass is 9.52. The summed E-state index contributed by atoms with van der Waals surface area (Å²) in [6.07, 6.45) is 4.25. The van der Waals surface area contributed by atoms with E-state index in [-0.39, 0.29) is 17.3 Å². The highest BCUT2D eigenvalue weighted by molar-refractivity contribution is 9.10. The molecule has 1 aromatic rings. The van der Waals surface area contributed by atoms with Crippen LogP contribution in [0.15, 0.2) is 10.5 Å². The number of aromatic hydroxyl groups is 1. The van der Waals surface area contributed by atoms with Gasteiger partial charge < -0.3 is 20.3 Å². The monoisotopic (exact) mass is 367 g/mol. The number of ether oxygens (including phenoxy) is 1. The fourth-order valence-corrected chi connectivity index (χ4v) is 5.78. The Balaban J connectivity index is 1.97. The molecule has 4 atom stereocenters. The van der Waals surface area contributed by atoms with Crippen LogP contribution in [0.3, 0.4) is 0 Å². The Morgan fingerprint density at radius 2 is 2.23 bits per heavy atom. The molecule has 0 aromatic heterocycles. The predicted octanol–water partition coefficient (Wildman–Crippen LogP) is 2.48. The molecule has 1 saturated heterocycles. The molecule has 2 aliphatic carbocycles. The van der Waals surface area contributed by atoms with Crippen molar-refractivity contribution >= 4 is 15.9 Å². The number of nitrogens with one attached hydrogen (secondary N) is 1. The lowest BCUT2D eigenvalue weighted by Gasteiger charge is -2.56. The summed E-state index contributed by atoms with van der Waals surface area (Å²) in [6, 6.07) is 2.30. The van der Waals surface area contributed by atoms with Crippen molar-refractivity contribution in [3.63, 3.8) is 0 Å². The zero-order valence-electron chi connectivity index (χ0n) is 12.7. The van der Waals surface area contributed by atoms with E-state index in [9.17, 15) is 10.2 Å². The highest BCUT2D eigenvalue weighted by Gasteiger charge is 2.55. The molecule has 0 radical (unpaired) electrons. The first-order valence-corrected chi connectivity index (χ1v) is 8.86. The fraction of sp³-hybridized carbons (Fsp3) is 0.647. The number of aliphatic hydroxyl groups excluding tert-OH is 1. The SMILES string of the molecule is COc1cc(Br)c2c(c1O)C13CCN[C@H](C2)C1CC[C@@H](O)C3. The van der Waals surface area contributed by atoms with Crippen LogP contribution in [0, 0.1) is 5.92 Å². The van der Waals surface area contributed by atoms with E-state index in [0.29, 0.717) is 17.7 Å². The molecule has 1 heterocycles. The van der Waals surface area contributed by atoms with Crippen molar-refractivity contribution in [3.05, 3.63) is 21.7 Å². The molecule has 3 aliphatic rings. The quantitative estimate of drug-likeness (QED) is 0.713. The fourth-order valence-electron chi connectivity index (χ4n) is 5.21. The van der Waals surface area contributed by atoms with E-state index >= 15 is 0 Å². The van der Waals surface area contributed by atoms with Gasteiger partial charge in [0.2, 0.25) is 0 Å². The Kier molecular flexibility index (Phi) is 3.44. The molecule has 5 heteroatoms. The van der Waals surface area contributed by atoms with Crippen LogP contribution in [-0.4, -0.2) is 36.0 Å². The van der Waals surface area contributed by atoms with Crippen LogP contribution in [0.2, 0.25) is 0 Å². The molecule has 22 heavy (non-hydrogen) atoms.